The average Bonchev–Trinajstić information content (AvgIpc) is 0.808. The molecule has 0 spiro atoms. The Morgan fingerprint density at radius 2 is 0.356 bits per heavy atom. The minimum Gasteiger partial charge on any atom is -0.481 e. The highest BCUT2D eigenvalue weighted by molar-refractivity contribution is 6.06. The number of nitrogens with one attached hydrogen (secondary N) is 4. The van der Waals surface area contributed by atoms with Crippen molar-refractivity contribution < 1.29 is 58.8 Å². The van der Waals surface area contributed by atoms with Gasteiger partial charge in [0.2, 0.25) is 0 Å². The number of nitrogens with zero attached hydrogens (tertiary/aromatic N) is 16. The molecule has 0 aliphatic rings. The highest BCUT2D eigenvalue weighted by atomic mass is 16.5. The van der Waals surface area contributed by atoms with Gasteiger partial charge in [-0.05, 0) is 147 Å². The zero-order valence-electron chi connectivity index (χ0n) is 78.3. The molecule has 0 saturated heterocycles. The van der Waals surface area contributed by atoms with Crippen LogP contribution in [0.5, 0.6) is 0 Å². The molecule has 12 rings (SSSR count). The Bertz CT molecular complexity index is 5180. The van der Waals surface area contributed by atoms with Crippen LogP contribution in [-0.4, -0.2) is 221 Å². The second kappa shape index (κ2) is 46.3. The molecule has 32 nitrogen and oxygen atoms in total. The van der Waals surface area contributed by atoms with Gasteiger partial charge in [-0.3, -0.25) is 38.4 Å². The van der Waals surface area contributed by atoms with Gasteiger partial charge >= 0.3 is 23.9 Å². The summed E-state index contributed by atoms with van der Waals surface area (Å²) in [7, 11) is 29.4. The second-order valence-corrected chi connectivity index (χ2v) is 33.3. The number of hydrogen-bond acceptors (Lipinski definition) is 24. The maximum Gasteiger partial charge on any atom is 0.308 e. The van der Waals surface area contributed by atoms with Gasteiger partial charge in [-0.25, -0.2) is 39.9 Å². The number of aryl methyl sites for hydroxylation is 4. The van der Waals surface area contributed by atoms with Crippen LogP contribution in [0.1, 0.15) is 131 Å². The lowest BCUT2D eigenvalue weighted by Crippen LogP contribution is -2.22. The van der Waals surface area contributed by atoms with Crippen LogP contribution < -0.4 is 60.5 Å². The lowest BCUT2D eigenvalue weighted by molar-refractivity contribution is -0.137. The molecule has 0 unspecified atom stereocenters. The zero-order chi connectivity index (χ0) is 96.5. The molecule has 0 saturated carbocycles. The van der Waals surface area contributed by atoms with Gasteiger partial charge in [0.05, 0.1) is 25.7 Å². The topological polar surface area (TPSA) is 395 Å². The summed E-state index contributed by atoms with van der Waals surface area (Å²) in [5, 5.41) is 49.0. The Balaban J connectivity index is 0.000000198. The lowest BCUT2D eigenvalue weighted by Gasteiger charge is -2.22. The third kappa shape index (κ3) is 29.1. The van der Waals surface area contributed by atoms with Crippen molar-refractivity contribution in [3.05, 3.63) is 306 Å². The first-order valence-corrected chi connectivity index (χ1v) is 42.3. The standard InChI is InChI=1S/4C25H29N5O3/c4*1-16-6-10-18(11-7-16)25(33)26-19-12-8-17(9-13-19)14-21-27-23(29(2)3)20(15-22(31)32)24(28-21)30(4)5/h4*6-13H,14-15H2,1-5H3,(H,26,33)(H,31,32)/i2+1,3+1,4+1,5+1,14+1,15+1,22+1,25+1;2+1,3+1,4+1,5+1,15+1,22+1,25+1;2+1,3+1,4+1,5+1,22+1;2+1,3+1,4+1,5+1. The normalized spacial score (nSPS) is 10.6. The number of hydrogen-bond donors (Lipinski definition) is 8. The van der Waals surface area contributed by atoms with Crippen molar-refractivity contribution in [2.24, 2.45) is 0 Å². The lowest BCUT2D eigenvalue weighted by atomic mass is 10.1. The smallest absolute Gasteiger partial charge is 0.308 e. The zero-order valence-corrected chi connectivity index (χ0v) is 78.3. The predicted octanol–water partition coefficient (Wildman–Crippen LogP) is 13.5. The summed E-state index contributed by atoms with van der Waals surface area (Å²) in [5.74, 6) is 2.73. The van der Waals surface area contributed by atoms with Crippen LogP contribution >= 0.6 is 0 Å². The van der Waals surface area contributed by atoms with Crippen molar-refractivity contribution in [1.29, 1.82) is 0 Å². The molecule has 32 heteroatoms. The summed E-state index contributed by atoms with van der Waals surface area (Å²) in [5.41, 5.74) is 15.8. The predicted molar refractivity (Wildman–Crippen MR) is 522 cm³/mol. The molecule has 688 valence electrons. The van der Waals surface area contributed by atoms with Crippen LogP contribution in [0, 0.1) is 27.7 Å². The first-order valence-electron chi connectivity index (χ1n) is 42.3. The Morgan fingerprint density at radius 1 is 0.220 bits per heavy atom. The molecule has 0 fully saturated rings. The van der Waals surface area contributed by atoms with Crippen LogP contribution in [0.4, 0.5) is 69.3 Å². The van der Waals surface area contributed by atoms with Crippen LogP contribution in [0.3, 0.4) is 0 Å². The molecule has 0 aliphatic carbocycles. The molecule has 12 aromatic rings. The molecule has 0 atom stereocenters. The number of aliphatic carboxylic acids is 4. The third-order valence-corrected chi connectivity index (χ3v) is 20.3. The second-order valence-electron chi connectivity index (χ2n) is 33.3. The van der Waals surface area contributed by atoms with E-state index in [0.29, 0.717) is 163 Å². The quantitative estimate of drug-likeness (QED) is 0.0182. The maximum absolute atomic E-state index is 12.4. The summed E-state index contributed by atoms with van der Waals surface area (Å²) >= 11 is 0. The van der Waals surface area contributed by atoms with E-state index in [-0.39, 0.29) is 49.3 Å². The molecule has 4 amide bonds. The van der Waals surface area contributed by atoms with Gasteiger partial charge in [0.15, 0.2) is 0 Å². The SMILES string of the molecule is Cc1ccc(C(=O)Nc2ccc(Cc3nc(N([13CH3])[13CH3])c(CC(=O)O)c(N([13CH3])[13CH3])n3)cc2)cc1.Cc1ccc(C(=O)Nc2ccc(Cc3nc(N([13CH3])[13CH3])c(C[13C](=O)O)c(N([13CH3])[13CH3])n3)cc2)cc1.Cc1ccc([13C](=O)Nc2ccc(Cc3nc(N([13CH3])[13CH3])c([13CH2][13C](=O)O)c(N([13CH3])[13CH3])n3)cc2)cc1.Cc1ccc([13C](=O)Nc2ccc([13CH2]c3nc(N([13CH3])[13CH3])c([13CH2][13C](=O)O)c(N([13CH3])[13CH3])n3)cc2)cc1. The van der Waals surface area contributed by atoms with E-state index in [9.17, 15) is 58.8 Å². The van der Waals surface area contributed by atoms with E-state index in [2.05, 4.69) is 61.1 Å². The van der Waals surface area contributed by atoms with E-state index in [4.69, 9.17) is 0 Å². The van der Waals surface area contributed by atoms with Gasteiger partial charge in [-0.15, -0.1) is 0 Å². The molecule has 0 radical (unpaired) electrons. The van der Waals surface area contributed by atoms with Crippen molar-refractivity contribution in [3.8, 4) is 0 Å². The van der Waals surface area contributed by atoms with Crippen molar-refractivity contribution in [2.75, 3.05) is 173 Å². The van der Waals surface area contributed by atoms with Gasteiger partial charge in [-0.1, -0.05) is 119 Å². The number of rotatable bonds is 32. The van der Waals surface area contributed by atoms with Crippen molar-refractivity contribution >= 4 is 117 Å². The van der Waals surface area contributed by atoms with E-state index in [0.717, 1.165) is 44.5 Å². The monoisotopic (exact) mass is 1810 g/mol. The number of benzene rings is 8. The van der Waals surface area contributed by atoms with E-state index in [1.807, 2.05) is 286 Å². The van der Waals surface area contributed by atoms with Gasteiger partial charge in [-0.2, -0.15) is 0 Å². The first-order chi connectivity index (χ1) is 62.5. The van der Waals surface area contributed by atoms with Crippen molar-refractivity contribution in [3.63, 3.8) is 0 Å². The summed E-state index contributed by atoms with van der Waals surface area (Å²) in [6.45, 7) is 7.92. The Morgan fingerprint density at radius 3 is 0.477 bits per heavy atom. The molecular weight excluding hydrogens is 1700 g/mol. The molecule has 8 N–H and O–H groups in total. The minimum atomic E-state index is -0.930. The molecule has 0 aliphatic heterocycles. The number of carbonyl (C=O) groups is 8. The van der Waals surface area contributed by atoms with Crippen LogP contribution in [0.25, 0.3) is 0 Å². The van der Waals surface area contributed by atoms with E-state index < -0.39 is 23.9 Å². The summed E-state index contributed by atoms with van der Waals surface area (Å²) in [4.78, 5) is 147. The number of carbonyl (C=O) groups excluding carboxylic acids is 4. The highest BCUT2D eigenvalue weighted by Gasteiger charge is 2.26. The first kappa shape index (κ1) is 100. The fourth-order valence-corrected chi connectivity index (χ4v) is 13.7. The van der Waals surface area contributed by atoms with Crippen molar-refractivity contribution in [2.45, 2.75) is 79.1 Å². The Hall–Kier alpha value is -15.8. The molecular formula is C100H116N20O12. The van der Waals surface area contributed by atoms with E-state index in [1.54, 1.807) is 87.7 Å². The van der Waals surface area contributed by atoms with E-state index in [1.165, 1.54) is 0 Å². The largest absolute Gasteiger partial charge is 0.481 e. The summed E-state index contributed by atoms with van der Waals surface area (Å²) in [6, 6.07) is 59.8. The number of amides is 4. The molecule has 0 bridgehead atoms. The van der Waals surface area contributed by atoms with Crippen molar-refractivity contribution in [1.82, 2.24) is 39.9 Å². The van der Waals surface area contributed by atoms with Gasteiger partial charge in [0.1, 0.15) is 69.8 Å². The highest BCUT2D eigenvalue weighted by Crippen LogP contribution is 2.33. The third-order valence-electron chi connectivity index (χ3n) is 20.3. The minimum absolute atomic E-state index is 0.156. The number of carboxylic acids is 4. The van der Waals surface area contributed by atoms with Crippen LogP contribution in [-0.2, 0) is 70.5 Å². The van der Waals surface area contributed by atoms with Crippen LogP contribution in [0.2, 0.25) is 0 Å². The van der Waals surface area contributed by atoms with Gasteiger partial charge in [0.25, 0.3) is 23.6 Å². The molecule has 8 aromatic carbocycles. The number of anilines is 12. The molecule has 4 heterocycles. The Labute approximate surface area is 770 Å². The molecule has 132 heavy (non-hydrogen) atoms. The average molecular weight is 1810 g/mol. The van der Waals surface area contributed by atoms with E-state index >= 15 is 0 Å². The maximum atomic E-state index is 12.4. The Kier molecular flexibility index (Phi) is 35.1. The van der Waals surface area contributed by atoms with Gasteiger partial charge in [0, 0.05) is 206 Å². The molecule has 4 aromatic heterocycles. The number of aromatic nitrogens is 8. The number of carboxylic acid groups (broad SMARTS) is 4. The fourth-order valence-electron chi connectivity index (χ4n) is 13.7. The summed E-state index contributed by atoms with van der Waals surface area (Å²) in [6.07, 6.45) is 1.27. The van der Waals surface area contributed by atoms with Gasteiger partial charge < -0.3 is 80.9 Å². The summed E-state index contributed by atoms with van der Waals surface area (Å²) < 4.78 is 0. The fraction of sp³-hybridized carbons (Fsp3) is 0.280. The van der Waals surface area contributed by atoms with Crippen LogP contribution in [0.15, 0.2) is 194 Å².